The Labute approximate surface area is 142 Å². The number of amides is 1. The molecular weight excluding hydrogens is 342 g/mol. The van der Waals surface area contributed by atoms with Gasteiger partial charge in [-0.1, -0.05) is 0 Å². The van der Waals surface area contributed by atoms with Gasteiger partial charge in [0.1, 0.15) is 0 Å². The van der Waals surface area contributed by atoms with Gasteiger partial charge in [-0.15, -0.1) is 12.4 Å². The molecule has 0 unspecified atom stereocenters. The predicted molar refractivity (Wildman–Crippen MR) is 89.3 cm³/mol. The number of nitrogens with zero attached hydrogens (tertiary/aromatic N) is 1. The number of ether oxygens (including phenoxy) is 1. The van der Waals surface area contributed by atoms with E-state index in [1.165, 1.54) is 24.3 Å². The predicted octanol–water partition coefficient (Wildman–Crippen LogP) is 0.206. The molecule has 1 saturated heterocycles. The van der Waals surface area contributed by atoms with Crippen LogP contribution in [-0.4, -0.2) is 58.1 Å². The number of hydrogen-bond donors (Lipinski definition) is 2. The van der Waals surface area contributed by atoms with Crippen LogP contribution in [0.4, 0.5) is 0 Å². The number of sulfonamides is 1. The largest absolute Gasteiger partial charge is 0.378 e. The van der Waals surface area contributed by atoms with Crippen LogP contribution in [-0.2, 0) is 14.8 Å². The Kier molecular flexibility index (Phi) is 7.43. The van der Waals surface area contributed by atoms with Gasteiger partial charge in [-0.2, -0.15) is 0 Å². The topological polar surface area (TPSA) is 102 Å². The lowest BCUT2D eigenvalue weighted by molar-refractivity contribution is 0.0303. The van der Waals surface area contributed by atoms with Crippen LogP contribution >= 0.6 is 12.4 Å². The second kappa shape index (κ2) is 8.60. The molecule has 0 bridgehead atoms. The lowest BCUT2D eigenvalue weighted by Crippen LogP contribution is -2.40. The van der Waals surface area contributed by atoms with Crippen molar-refractivity contribution in [1.29, 1.82) is 0 Å². The van der Waals surface area contributed by atoms with Gasteiger partial charge in [0.2, 0.25) is 10.0 Å². The fourth-order valence-electron chi connectivity index (χ4n) is 2.11. The molecule has 3 N–H and O–H groups in total. The number of hydrogen-bond acceptors (Lipinski definition) is 5. The highest BCUT2D eigenvalue weighted by Gasteiger charge is 2.20. The zero-order chi connectivity index (χ0) is 16.2. The number of nitrogens with two attached hydrogens (primary N) is 1. The van der Waals surface area contributed by atoms with Crippen molar-refractivity contribution in [2.45, 2.75) is 17.9 Å². The number of benzene rings is 1. The van der Waals surface area contributed by atoms with Gasteiger partial charge in [-0.05, 0) is 31.2 Å². The first-order valence-electron chi connectivity index (χ1n) is 7.13. The molecule has 1 atom stereocenters. The Morgan fingerprint density at radius 1 is 1.30 bits per heavy atom. The van der Waals surface area contributed by atoms with E-state index in [-0.39, 0.29) is 35.8 Å². The van der Waals surface area contributed by atoms with E-state index in [4.69, 9.17) is 10.5 Å². The molecule has 1 fully saturated rings. The lowest BCUT2D eigenvalue weighted by Gasteiger charge is -2.26. The van der Waals surface area contributed by atoms with Gasteiger partial charge in [0.15, 0.2) is 0 Å². The van der Waals surface area contributed by atoms with E-state index < -0.39 is 10.0 Å². The molecule has 2 rings (SSSR count). The molecule has 9 heteroatoms. The molecule has 1 aliphatic heterocycles. The molecular formula is C14H22ClN3O4S. The monoisotopic (exact) mass is 363 g/mol. The summed E-state index contributed by atoms with van der Waals surface area (Å²) < 4.78 is 31.9. The second-order valence-corrected chi connectivity index (χ2v) is 6.90. The average molecular weight is 364 g/mol. The van der Waals surface area contributed by atoms with E-state index in [9.17, 15) is 13.2 Å². The Hall–Kier alpha value is -1.19. The minimum atomic E-state index is -3.61. The van der Waals surface area contributed by atoms with E-state index in [0.717, 1.165) is 0 Å². The molecule has 0 radical (unpaired) electrons. The first-order valence-corrected chi connectivity index (χ1v) is 8.62. The van der Waals surface area contributed by atoms with Crippen molar-refractivity contribution in [3.63, 3.8) is 0 Å². The summed E-state index contributed by atoms with van der Waals surface area (Å²) in [4.78, 5) is 14.1. The van der Waals surface area contributed by atoms with Crippen molar-refractivity contribution in [1.82, 2.24) is 9.62 Å². The first kappa shape index (κ1) is 19.9. The average Bonchev–Trinajstić information content (AvgIpc) is 2.54. The third-order valence-electron chi connectivity index (χ3n) is 3.42. The molecule has 0 aliphatic carbocycles. The second-order valence-electron chi connectivity index (χ2n) is 5.19. The number of carbonyl (C=O) groups excluding carboxylic acids is 1. The maximum absolute atomic E-state index is 12.3. The van der Waals surface area contributed by atoms with Gasteiger partial charge >= 0.3 is 0 Å². The summed E-state index contributed by atoms with van der Waals surface area (Å²) in [5, 5.41) is 0. The third kappa shape index (κ3) is 5.15. The van der Waals surface area contributed by atoms with Crippen molar-refractivity contribution in [3.8, 4) is 0 Å². The number of halogens is 1. The number of carbonyl (C=O) groups is 1. The van der Waals surface area contributed by atoms with Crippen LogP contribution in [0.25, 0.3) is 0 Å². The number of rotatable bonds is 5. The Bertz CT molecular complexity index is 615. The SMILES string of the molecule is C[C@@H](CN)NS(=O)(=O)c1ccc(C(=O)N2CCOCC2)cc1.Cl. The van der Waals surface area contributed by atoms with Gasteiger partial charge < -0.3 is 15.4 Å². The molecule has 130 valence electrons. The molecule has 1 aliphatic rings. The van der Waals surface area contributed by atoms with Gasteiger partial charge in [0, 0.05) is 31.2 Å². The molecule has 1 aromatic carbocycles. The smallest absolute Gasteiger partial charge is 0.254 e. The zero-order valence-electron chi connectivity index (χ0n) is 12.9. The standard InChI is InChI=1S/C14H21N3O4S.ClH/c1-11(10-15)16-22(19,20)13-4-2-12(3-5-13)14(18)17-6-8-21-9-7-17;/h2-5,11,16H,6-10,15H2,1H3;1H/t11-;/m0./s1. The van der Waals surface area contributed by atoms with Crippen LogP contribution in [0.1, 0.15) is 17.3 Å². The maximum atomic E-state index is 12.3. The summed E-state index contributed by atoms with van der Waals surface area (Å²) in [6, 6.07) is 5.57. The quantitative estimate of drug-likeness (QED) is 0.778. The van der Waals surface area contributed by atoms with E-state index in [1.54, 1.807) is 11.8 Å². The van der Waals surface area contributed by atoms with Crippen LogP contribution in [0, 0.1) is 0 Å². The van der Waals surface area contributed by atoms with Crippen molar-refractivity contribution in [2.75, 3.05) is 32.8 Å². The Morgan fingerprint density at radius 3 is 2.39 bits per heavy atom. The molecule has 7 nitrogen and oxygen atoms in total. The van der Waals surface area contributed by atoms with Gasteiger partial charge in [-0.25, -0.2) is 13.1 Å². The van der Waals surface area contributed by atoms with Crippen molar-refractivity contribution < 1.29 is 17.9 Å². The molecule has 0 aromatic heterocycles. The van der Waals surface area contributed by atoms with Crippen molar-refractivity contribution >= 4 is 28.3 Å². The van der Waals surface area contributed by atoms with Crippen LogP contribution in [0.15, 0.2) is 29.2 Å². The lowest BCUT2D eigenvalue weighted by atomic mass is 10.2. The normalized spacial score (nSPS) is 16.5. The van der Waals surface area contributed by atoms with Crippen LogP contribution in [0.3, 0.4) is 0 Å². The van der Waals surface area contributed by atoms with E-state index in [1.807, 2.05) is 0 Å². The number of morpholine rings is 1. The summed E-state index contributed by atoms with van der Waals surface area (Å²) in [5.41, 5.74) is 5.88. The maximum Gasteiger partial charge on any atom is 0.254 e. The minimum Gasteiger partial charge on any atom is -0.378 e. The fourth-order valence-corrected chi connectivity index (χ4v) is 3.36. The first-order chi connectivity index (χ1) is 10.4. The summed E-state index contributed by atoms with van der Waals surface area (Å²) in [5.74, 6) is -0.115. The van der Waals surface area contributed by atoms with E-state index >= 15 is 0 Å². The molecule has 23 heavy (non-hydrogen) atoms. The van der Waals surface area contributed by atoms with Crippen LogP contribution < -0.4 is 10.5 Å². The van der Waals surface area contributed by atoms with Gasteiger partial charge in [0.05, 0.1) is 18.1 Å². The van der Waals surface area contributed by atoms with Crippen molar-refractivity contribution in [2.24, 2.45) is 5.73 Å². The third-order valence-corrected chi connectivity index (χ3v) is 5.03. The molecule has 1 heterocycles. The number of nitrogens with one attached hydrogen (secondary N) is 1. The Balaban J connectivity index is 0.00000264. The van der Waals surface area contributed by atoms with Gasteiger partial charge in [0.25, 0.3) is 5.91 Å². The summed E-state index contributed by atoms with van der Waals surface area (Å²) in [6.45, 7) is 4.06. The molecule has 0 saturated carbocycles. The van der Waals surface area contributed by atoms with Crippen LogP contribution in [0.5, 0.6) is 0 Å². The summed E-state index contributed by atoms with van der Waals surface area (Å²) >= 11 is 0. The Morgan fingerprint density at radius 2 is 1.87 bits per heavy atom. The molecule has 1 aromatic rings. The van der Waals surface area contributed by atoms with E-state index in [2.05, 4.69) is 4.72 Å². The highest BCUT2D eigenvalue weighted by atomic mass is 35.5. The highest BCUT2D eigenvalue weighted by molar-refractivity contribution is 7.89. The highest BCUT2D eigenvalue weighted by Crippen LogP contribution is 2.13. The van der Waals surface area contributed by atoms with Crippen molar-refractivity contribution in [3.05, 3.63) is 29.8 Å². The van der Waals surface area contributed by atoms with Gasteiger partial charge in [-0.3, -0.25) is 4.79 Å². The zero-order valence-corrected chi connectivity index (χ0v) is 14.5. The summed E-state index contributed by atoms with van der Waals surface area (Å²) in [7, 11) is -3.61. The molecule has 0 spiro atoms. The fraction of sp³-hybridized carbons (Fsp3) is 0.500. The van der Waals surface area contributed by atoms with Crippen LogP contribution in [0.2, 0.25) is 0 Å². The summed E-state index contributed by atoms with van der Waals surface area (Å²) in [6.07, 6.45) is 0. The molecule has 1 amide bonds. The minimum absolute atomic E-state index is 0. The van der Waals surface area contributed by atoms with E-state index in [0.29, 0.717) is 31.9 Å².